The van der Waals surface area contributed by atoms with Crippen LogP contribution in [-0.4, -0.2) is 68.7 Å². The lowest BCUT2D eigenvalue weighted by Crippen LogP contribution is -2.40. The average Bonchev–Trinajstić information content (AvgIpc) is 3.21. The molecule has 0 saturated heterocycles. The van der Waals surface area contributed by atoms with Crippen LogP contribution in [0.2, 0.25) is 0 Å². The van der Waals surface area contributed by atoms with Crippen LogP contribution in [0.25, 0.3) is 11.2 Å². The number of hydrogen-bond acceptors (Lipinski definition) is 9. The largest absolute Gasteiger partial charge is 0.508 e. The molecule has 3 rings (SSSR count). The van der Waals surface area contributed by atoms with Crippen LogP contribution in [0.3, 0.4) is 0 Å². The van der Waals surface area contributed by atoms with Crippen LogP contribution in [0, 0.1) is 0 Å². The van der Waals surface area contributed by atoms with Crippen molar-refractivity contribution in [1.82, 2.24) is 24.0 Å². The molecule has 0 saturated carbocycles. The van der Waals surface area contributed by atoms with Crippen LogP contribution in [0.5, 0.6) is 0 Å². The number of thioether (sulfide) groups is 1. The Kier molecular flexibility index (Phi) is 14.6. The van der Waals surface area contributed by atoms with Crippen molar-refractivity contribution in [2.45, 2.75) is 59.7 Å². The van der Waals surface area contributed by atoms with Gasteiger partial charge in [0, 0.05) is 12.8 Å². The van der Waals surface area contributed by atoms with Crippen LogP contribution in [0.15, 0.2) is 40.3 Å². The molecule has 1 amide bonds. The molecule has 0 aliphatic heterocycles. The Morgan fingerprint density at radius 2 is 1.71 bits per heavy atom. The summed E-state index contributed by atoms with van der Waals surface area (Å²) < 4.78 is 12.0. The van der Waals surface area contributed by atoms with Gasteiger partial charge in [-0.3, -0.25) is 4.57 Å². The summed E-state index contributed by atoms with van der Waals surface area (Å²) in [7, 11) is 1.49. The number of nitrogen functional groups attached to an aromatic ring is 1. The number of imidazole rings is 1. The van der Waals surface area contributed by atoms with Gasteiger partial charge in [0.25, 0.3) is 0 Å². The fourth-order valence-corrected chi connectivity index (χ4v) is 3.89. The van der Waals surface area contributed by atoms with E-state index in [4.69, 9.17) is 15.2 Å². The number of ether oxygens (including phenoxy) is 2. The highest BCUT2D eigenvalue weighted by atomic mass is 32.2. The summed E-state index contributed by atoms with van der Waals surface area (Å²) in [6, 6.07) is 8.74. The minimum atomic E-state index is -0.824. The van der Waals surface area contributed by atoms with E-state index in [9.17, 15) is 14.4 Å². The van der Waals surface area contributed by atoms with Gasteiger partial charge in [0.15, 0.2) is 16.6 Å². The summed E-state index contributed by atoms with van der Waals surface area (Å²) in [5.74, 6) is 0.827. The molecule has 11 nitrogen and oxygen atoms in total. The van der Waals surface area contributed by atoms with Gasteiger partial charge in [-0.05, 0) is 18.9 Å². The number of hydrogen-bond donors (Lipinski definition) is 1. The zero-order chi connectivity index (χ0) is 28.7. The second-order valence-corrected chi connectivity index (χ2v) is 8.40. The van der Waals surface area contributed by atoms with Gasteiger partial charge in [0.05, 0.1) is 19.7 Å². The van der Waals surface area contributed by atoms with Crippen molar-refractivity contribution < 1.29 is 19.1 Å². The number of carbonyl (C=O) groups excluding carboxylic acids is 2. The van der Waals surface area contributed by atoms with Crippen molar-refractivity contribution >= 4 is 40.9 Å². The van der Waals surface area contributed by atoms with E-state index in [1.165, 1.54) is 28.3 Å². The monoisotopic (exact) mass is 548 g/mol. The smallest absolute Gasteiger partial charge is 0.435 e. The van der Waals surface area contributed by atoms with Crippen molar-refractivity contribution in [3.05, 3.63) is 46.4 Å². The molecule has 0 atom stereocenters. The Balaban J connectivity index is 0.00000172. The Bertz CT molecular complexity index is 1210. The quantitative estimate of drug-likeness (QED) is 0.226. The van der Waals surface area contributed by atoms with Gasteiger partial charge in [-0.25, -0.2) is 28.9 Å². The number of amides is 1. The molecule has 0 aliphatic rings. The number of nitrogens with zero attached hydrogens (tertiary/aromatic N) is 5. The molecule has 2 N–H and O–H groups in total. The first kappa shape index (κ1) is 32.5. The van der Waals surface area contributed by atoms with E-state index in [0.29, 0.717) is 5.16 Å². The maximum Gasteiger partial charge on any atom is 0.508 e. The predicted octanol–water partition coefficient (Wildman–Crippen LogP) is 4.85. The third-order valence-electron chi connectivity index (χ3n) is 4.82. The van der Waals surface area contributed by atoms with Gasteiger partial charge >= 0.3 is 17.9 Å². The number of carbonyl (C=O) groups is 2. The second kappa shape index (κ2) is 17.1. The molecule has 0 radical (unpaired) electrons. The van der Waals surface area contributed by atoms with E-state index in [2.05, 4.69) is 9.97 Å². The van der Waals surface area contributed by atoms with Crippen molar-refractivity contribution in [1.29, 1.82) is 0 Å². The topological polar surface area (TPSA) is 135 Å². The van der Waals surface area contributed by atoms with Gasteiger partial charge < -0.3 is 20.1 Å². The zero-order valence-electron chi connectivity index (χ0n) is 23.4. The molecule has 210 valence electrons. The normalized spacial score (nSPS) is 10.1. The van der Waals surface area contributed by atoms with Crippen molar-refractivity contribution in [3.8, 4) is 0 Å². The standard InChI is InChI=1S/C22H28N6O5S.2C2H6/c1-4-13-34-19-24-17(23)16-18(25-19)27(14-15-9-7-6-8-10-15)21(30)28(16)20(29)26(3)11-12-33-22(31)32-5-2;2*1-2/h6-10H,4-5,11-14H2,1-3H3,(H2,23,24,25);2*1-2H3. The summed E-state index contributed by atoms with van der Waals surface area (Å²) >= 11 is 1.43. The Morgan fingerprint density at radius 3 is 2.32 bits per heavy atom. The zero-order valence-corrected chi connectivity index (χ0v) is 24.2. The minimum absolute atomic E-state index is 0.0389. The molecule has 0 fully saturated rings. The third-order valence-corrected chi connectivity index (χ3v) is 5.87. The molecule has 2 heterocycles. The van der Waals surface area contributed by atoms with Crippen LogP contribution in [-0.2, 0) is 16.0 Å². The van der Waals surface area contributed by atoms with Crippen LogP contribution in [0.4, 0.5) is 15.4 Å². The van der Waals surface area contributed by atoms with Gasteiger partial charge in [0.2, 0.25) is 0 Å². The Morgan fingerprint density at radius 1 is 1.05 bits per heavy atom. The first-order valence-corrected chi connectivity index (χ1v) is 13.9. The van der Waals surface area contributed by atoms with E-state index < -0.39 is 17.9 Å². The lowest BCUT2D eigenvalue weighted by Gasteiger charge is -2.17. The average molecular weight is 549 g/mol. The van der Waals surface area contributed by atoms with Gasteiger partial charge in [-0.2, -0.15) is 0 Å². The molecule has 0 aliphatic carbocycles. The van der Waals surface area contributed by atoms with Gasteiger partial charge in [-0.1, -0.05) is 76.7 Å². The number of fused-ring (bicyclic) bond motifs is 1. The molecule has 0 spiro atoms. The number of rotatable bonds is 9. The number of aromatic nitrogens is 4. The van der Waals surface area contributed by atoms with E-state index in [1.807, 2.05) is 65.0 Å². The lowest BCUT2D eigenvalue weighted by atomic mass is 10.2. The van der Waals surface area contributed by atoms with Gasteiger partial charge in [0.1, 0.15) is 12.1 Å². The minimum Gasteiger partial charge on any atom is -0.435 e. The summed E-state index contributed by atoms with van der Waals surface area (Å²) in [4.78, 5) is 48.2. The molecular formula is C26H40N6O5S. The fourth-order valence-electron chi connectivity index (χ4n) is 3.18. The summed E-state index contributed by atoms with van der Waals surface area (Å²) in [6.45, 7) is 12.0. The maximum absolute atomic E-state index is 13.4. The lowest BCUT2D eigenvalue weighted by molar-refractivity contribution is 0.0551. The highest BCUT2D eigenvalue weighted by molar-refractivity contribution is 7.99. The molecule has 12 heteroatoms. The molecule has 1 aromatic carbocycles. The predicted molar refractivity (Wildman–Crippen MR) is 152 cm³/mol. The molecule has 3 aromatic rings. The summed E-state index contributed by atoms with van der Waals surface area (Å²) in [5.41, 5.74) is 6.93. The Labute approximate surface area is 228 Å². The fraction of sp³-hybridized carbons (Fsp3) is 0.500. The number of nitrogens with two attached hydrogens (primary N) is 1. The Hall–Kier alpha value is -3.54. The van der Waals surface area contributed by atoms with Crippen molar-refractivity contribution in [3.63, 3.8) is 0 Å². The first-order valence-electron chi connectivity index (χ1n) is 12.9. The maximum atomic E-state index is 13.4. The van der Waals surface area contributed by atoms with E-state index >= 15 is 0 Å². The highest BCUT2D eigenvalue weighted by Gasteiger charge is 2.25. The second-order valence-electron chi connectivity index (χ2n) is 7.34. The molecule has 2 aromatic heterocycles. The van der Waals surface area contributed by atoms with Crippen molar-refractivity contribution in [2.75, 3.05) is 38.3 Å². The SMILES string of the molecule is CC.CC.CCCSc1nc(N)c2c(n1)n(Cc1ccccc1)c(=O)n2C(=O)N(C)CCOC(=O)OCC. The summed E-state index contributed by atoms with van der Waals surface area (Å²) in [6.07, 6.45) is 0.0933. The van der Waals surface area contributed by atoms with E-state index in [0.717, 1.165) is 22.3 Å². The van der Waals surface area contributed by atoms with E-state index in [-0.39, 0.29) is 43.3 Å². The molecule has 0 bridgehead atoms. The number of anilines is 1. The number of likely N-dealkylation sites (N-methyl/N-ethyl adjacent to an activating group) is 1. The van der Waals surface area contributed by atoms with Crippen LogP contribution in [0.1, 0.15) is 53.5 Å². The molecular weight excluding hydrogens is 508 g/mol. The third kappa shape index (κ3) is 8.51. The van der Waals surface area contributed by atoms with Crippen LogP contribution < -0.4 is 11.4 Å². The van der Waals surface area contributed by atoms with Gasteiger partial charge in [-0.15, -0.1) is 0 Å². The van der Waals surface area contributed by atoms with Crippen molar-refractivity contribution in [2.24, 2.45) is 0 Å². The molecule has 0 unspecified atom stereocenters. The van der Waals surface area contributed by atoms with E-state index in [1.54, 1.807) is 6.92 Å². The number of benzene rings is 1. The summed E-state index contributed by atoms with van der Waals surface area (Å²) in [5, 5.41) is 0.439. The highest BCUT2D eigenvalue weighted by Crippen LogP contribution is 2.23. The molecule has 38 heavy (non-hydrogen) atoms. The first-order chi connectivity index (χ1) is 18.4. The van der Waals surface area contributed by atoms with Crippen LogP contribution >= 0.6 is 11.8 Å².